The van der Waals surface area contributed by atoms with Crippen molar-refractivity contribution < 1.29 is 9.53 Å². The minimum absolute atomic E-state index is 0.0374. The van der Waals surface area contributed by atoms with Crippen LogP contribution in [0.3, 0.4) is 0 Å². The number of piperidine rings is 1. The predicted molar refractivity (Wildman–Crippen MR) is 136 cm³/mol. The van der Waals surface area contributed by atoms with Crippen molar-refractivity contribution in [3.05, 3.63) is 77.7 Å². The van der Waals surface area contributed by atoms with Gasteiger partial charge in [-0.3, -0.25) is 4.79 Å². The van der Waals surface area contributed by atoms with Crippen LogP contribution in [0.2, 0.25) is 0 Å². The van der Waals surface area contributed by atoms with Crippen molar-refractivity contribution in [1.82, 2.24) is 19.6 Å². The maximum absolute atomic E-state index is 13.0. The van der Waals surface area contributed by atoms with Crippen molar-refractivity contribution in [1.29, 1.82) is 0 Å². The zero-order valence-electron chi connectivity index (χ0n) is 20.1. The normalized spacial score (nSPS) is 14.3. The van der Waals surface area contributed by atoms with Gasteiger partial charge in [0, 0.05) is 42.4 Å². The molecule has 1 amide bonds. The summed E-state index contributed by atoms with van der Waals surface area (Å²) in [6, 6.07) is 17.9. The molecule has 0 aliphatic carbocycles. The minimum Gasteiger partial charge on any atom is -0.494 e. The van der Waals surface area contributed by atoms with Crippen molar-refractivity contribution in [3.8, 4) is 5.75 Å². The van der Waals surface area contributed by atoms with Gasteiger partial charge >= 0.3 is 0 Å². The first-order chi connectivity index (χ1) is 17.1. The molecule has 8 nitrogen and oxygen atoms in total. The summed E-state index contributed by atoms with van der Waals surface area (Å²) in [5, 5.41) is 7.54. The molecular formula is C27H30N6O2. The number of aromatic nitrogens is 4. The number of nitrogens with zero attached hydrogens (tertiary/aromatic N) is 5. The molecule has 0 bridgehead atoms. The number of benzene rings is 2. The summed E-state index contributed by atoms with van der Waals surface area (Å²) < 4.78 is 7.32. The number of hydrogen-bond acceptors (Lipinski definition) is 6. The van der Waals surface area contributed by atoms with E-state index in [4.69, 9.17) is 4.74 Å². The lowest BCUT2D eigenvalue weighted by molar-refractivity contribution is -0.120. The molecule has 2 aromatic carbocycles. The molecule has 0 atom stereocenters. The number of anilines is 2. The summed E-state index contributed by atoms with van der Waals surface area (Å²) in [4.78, 5) is 24.3. The van der Waals surface area contributed by atoms with E-state index in [1.54, 1.807) is 6.33 Å². The Balaban J connectivity index is 1.32. The van der Waals surface area contributed by atoms with Crippen LogP contribution in [-0.4, -0.2) is 45.2 Å². The van der Waals surface area contributed by atoms with Crippen molar-refractivity contribution >= 4 is 23.2 Å². The van der Waals surface area contributed by atoms with E-state index in [-0.39, 0.29) is 11.8 Å². The van der Waals surface area contributed by atoms with Gasteiger partial charge in [0.2, 0.25) is 5.91 Å². The lowest BCUT2D eigenvalue weighted by Gasteiger charge is -2.34. The second kappa shape index (κ2) is 10.1. The van der Waals surface area contributed by atoms with Crippen molar-refractivity contribution in [2.75, 3.05) is 29.9 Å². The molecule has 5 rings (SSSR count). The molecule has 0 radical (unpaired) electrons. The number of carbonyl (C=O) groups excluding carboxylic acids is 1. The molecule has 1 aliphatic heterocycles. The first-order valence-corrected chi connectivity index (χ1v) is 12.1. The Morgan fingerprint density at radius 2 is 1.83 bits per heavy atom. The van der Waals surface area contributed by atoms with Crippen LogP contribution in [0.1, 0.15) is 36.6 Å². The number of nitrogens with one attached hydrogen (secondary N) is 1. The average Bonchev–Trinajstić information content (AvgIpc) is 3.34. The van der Waals surface area contributed by atoms with Gasteiger partial charge in [0.05, 0.1) is 6.61 Å². The summed E-state index contributed by atoms with van der Waals surface area (Å²) in [5.74, 6) is 2.46. The monoisotopic (exact) mass is 470 g/mol. The number of fused-ring (bicyclic) bond motifs is 1. The number of amides is 1. The van der Waals surface area contributed by atoms with Gasteiger partial charge in [0.15, 0.2) is 0 Å². The molecule has 2 aromatic heterocycles. The topological polar surface area (TPSA) is 84.6 Å². The van der Waals surface area contributed by atoms with Gasteiger partial charge in [0.25, 0.3) is 5.78 Å². The molecule has 1 saturated heterocycles. The Kier molecular flexibility index (Phi) is 6.61. The Hall–Kier alpha value is -3.94. The van der Waals surface area contributed by atoms with Crippen molar-refractivity contribution in [2.45, 2.75) is 33.1 Å². The Morgan fingerprint density at radius 3 is 2.54 bits per heavy atom. The van der Waals surface area contributed by atoms with E-state index in [0.717, 1.165) is 60.9 Å². The highest BCUT2D eigenvalue weighted by atomic mass is 16.5. The molecule has 4 aromatic rings. The Bertz CT molecular complexity index is 1290. The molecule has 1 N–H and O–H groups in total. The van der Waals surface area contributed by atoms with E-state index in [9.17, 15) is 4.79 Å². The Morgan fingerprint density at radius 1 is 1.09 bits per heavy atom. The van der Waals surface area contributed by atoms with Crippen molar-refractivity contribution in [3.63, 3.8) is 0 Å². The highest BCUT2D eigenvalue weighted by molar-refractivity contribution is 5.92. The number of carbonyl (C=O) groups is 1. The van der Waals surface area contributed by atoms with E-state index < -0.39 is 0 Å². The van der Waals surface area contributed by atoms with E-state index in [0.29, 0.717) is 12.4 Å². The summed E-state index contributed by atoms with van der Waals surface area (Å²) in [5.41, 5.74) is 4.12. The quantitative estimate of drug-likeness (QED) is 0.434. The second-order valence-electron chi connectivity index (χ2n) is 8.84. The summed E-state index contributed by atoms with van der Waals surface area (Å²) >= 11 is 0. The van der Waals surface area contributed by atoms with E-state index in [2.05, 4.69) is 49.5 Å². The SMILES string of the molecule is CCOc1ccc(NC(=O)C2CCN(c3c(Cc4ccccc4)c(C)nc4ncnn34)CC2)cc1. The highest BCUT2D eigenvalue weighted by Gasteiger charge is 2.28. The third-order valence-electron chi connectivity index (χ3n) is 6.53. The van der Waals surface area contributed by atoms with Crippen LogP contribution in [0.15, 0.2) is 60.9 Å². The predicted octanol–water partition coefficient (Wildman–Crippen LogP) is 4.28. The first kappa shape index (κ1) is 22.8. The summed E-state index contributed by atoms with van der Waals surface area (Å²) in [6.07, 6.45) is 3.86. The molecule has 1 aliphatic rings. The summed E-state index contributed by atoms with van der Waals surface area (Å²) in [7, 11) is 0. The number of ether oxygens (including phenoxy) is 1. The largest absolute Gasteiger partial charge is 0.494 e. The van der Waals surface area contributed by atoms with Gasteiger partial charge in [-0.15, -0.1) is 0 Å². The second-order valence-corrected chi connectivity index (χ2v) is 8.84. The van der Waals surface area contributed by atoms with Crippen LogP contribution >= 0.6 is 0 Å². The molecule has 1 fully saturated rings. The molecule has 0 saturated carbocycles. The molecule has 8 heteroatoms. The van der Waals surface area contributed by atoms with Gasteiger partial charge in [-0.1, -0.05) is 30.3 Å². The third kappa shape index (κ3) is 4.96. The molecule has 0 unspecified atom stereocenters. The minimum atomic E-state index is -0.0374. The molecule has 180 valence electrons. The fourth-order valence-corrected chi connectivity index (χ4v) is 4.70. The van der Waals surface area contributed by atoms with Crippen LogP contribution in [0.5, 0.6) is 5.75 Å². The summed E-state index contributed by atoms with van der Waals surface area (Å²) in [6.45, 7) is 6.14. The third-order valence-corrected chi connectivity index (χ3v) is 6.53. The fraction of sp³-hybridized carbons (Fsp3) is 0.333. The van der Waals surface area contributed by atoms with Crippen LogP contribution in [0, 0.1) is 12.8 Å². The Labute approximate surface area is 205 Å². The maximum atomic E-state index is 13.0. The first-order valence-electron chi connectivity index (χ1n) is 12.1. The van der Waals surface area contributed by atoms with E-state index in [1.165, 1.54) is 5.56 Å². The average molecular weight is 471 g/mol. The molecule has 35 heavy (non-hydrogen) atoms. The van der Waals surface area contributed by atoms with Crippen LogP contribution in [0.25, 0.3) is 5.78 Å². The van der Waals surface area contributed by atoms with Gasteiger partial charge in [0.1, 0.15) is 17.9 Å². The number of hydrogen-bond donors (Lipinski definition) is 1. The zero-order chi connectivity index (χ0) is 24.2. The van der Waals surface area contributed by atoms with Gasteiger partial charge in [-0.05, 0) is 56.5 Å². The smallest absolute Gasteiger partial charge is 0.254 e. The molecular weight excluding hydrogens is 440 g/mol. The van der Waals surface area contributed by atoms with Crippen LogP contribution < -0.4 is 15.0 Å². The maximum Gasteiger partial charge on any atom is 0.254 e. The molecule has 0 spiro atoms. The zero-order valence-corrected chi connectivity index (χ0v) is 20.1. The number of aryl methyl sites for hydroxylation is 1. The lowest BCUT2D eigenvalue weighted by atomic mass is 9.95. The van der Waals surface area contributed by atoms with Crippen molar-refractivity contribution in [2.24, 2.45) is 5.92 Å². The van der Waals surface area contributed by atoms with E-state index in [1.807, 2.05) is 48.7 Å². The van der Waals surface area contributed by atoms with E-state index >= 15 is 0 Å². The van der Waals surface area contributed by atoms with Gasteiger partial charge < -0.3 is 15.0 Å². The van der Waals surface area contributed by atoms with Crippen LogP contribution in [-0.2, 0) is 11.2 Å². The highest BCUT2D eigenvalue weighted by Crippen LogP contribution is 2.30. The fourth-order valence-electron chi connectivity index (χ4n) is 4.70. The van der Waals surface area contributed by atoms with Gasteiger partial charge in [-0.2, -0.15) is 14.6 Å². The lowest BCUT2D eigenvalue weighted by Crippen LogP contribution is -2.39. The van der Waals surface area contributed by atoms with Crippen LogP contribution in [0.4, 0.5) is 11.5 Å². The standard InChI is InChI=1S/C27H30N6O2/c1-3-35-23-11-9-22(10-12-23)31-25(34)21-13-15-32(16-14-21)26-24(17-20-7-5-4-6-8-20)19(2)30-27-28-18-29-33(26)27/h4-12,18,21H,3,13-17H2,1-2H3,(H,31,34). The number of rotatable bonds is 7. The molecule has 3 heterocycles. The van der Waals surface area contributed by atoms with Gasteiger partial charge in [-0.25, -0.2) is 4.98 Å².